The van der Waals surface area contributed by atoms with Gasteiger partial charge >= 0.3 is 0 Å². The van der Waals surface area contributed by atoms with Crippen LogP contribution in [0.15, 0.2) is 36.4 Å². The summed E-state index contributed by atoms with van der Waals surface area (Å²) in [5, 5.41) is 0. The normalized spacial score (nSPS) is 23.0. The number of methoxy groups -OCH3 is 1. The Balaban J connectivity index is 1.26. The summed E-state index contributed by atoms with van der Waals surface area (Å²) in [6.07, 6.45) is 2.36. The van der Waals surface area contributed by atoms with Crippen LogP contribution in [0.1, 0.15) is 30.4 Å². The number of benzene rings is 2. The summed E-state index contributed by atoms with van der Waals surface area (Å²) < 4.78 is 30.4. The Morgan fingerprint density at radius 2 is 1.97 bits per heavy atom. The van der Waals surface area contributed by atoms with Gasteiger partial charge in [-0.05, 0) is 42.5 Å². The molecule has 3 heterocycles. The van der Waals surface area contributed by atoms with E-state index in [2.05, 4.69) is 4.90 Å². The maximum absolute atomic E-state index is 14.4. The summed E-state index contributed by atoms with van der Waals surface area (Å²) in [5.74, 6) is 2.42. The highest BCUT2D eigenvalue weighted by atomic mass is 19.1. The van der Waals surface area contributed by atoms with Crippen LogP contribution in [0.25, 0.3) is 0 Å². The fourth-order valence-electron chi connectivity index (χ4n) is 5.04. The molecule has 2 fully saturated rings. The van der Waals surface area contributed by atoms with Crippen LogP contribution >= 0.6 is 0 Å². The van der Waals surface area contributed by atoms with Crippen LogP contribution in [-0.4, -0.2) is 48.7 Å². The Kier molecular flexibility index (Phi) is 5.44. The standard InChI is InChI=1S/C24H27FN2O4/c1-29-19-5-3-17(20(25)11-19)13-26-9-8-21-18(14-26)4-7-24(28)27(21)12-16-2-6-22-23(10-16)31-15-30-22/h2-3,5-6,10-11,18,21H,4,7-9,12-15H2,1H3/t18-,21+/m0/s1. The average Bonchev–Trinajstić information content (AvgIpc) is 3.25. The fourth-order valence-corrected chi connectivity index (χ4v) is 5.04. The molecule has 164 valence electrons. The summed E-state index contributed by atoms with van der Waals surface area (Å²) in [5.41, 5.74) is 1.74. The van der Waals surface area contributed by atoms with Gasteiger partial charge in [0, 0.05) is 50.3 Å². The highest BCUT2D eigenvalue weighted by Gasteiger charge is 2.39. The molecular formula is C24H27FN2O4. The molecule has 0 N–H and O–H groups in total. The van der Waals surface area contributed by atoms with E-state index < -0.39 is 0 Å². The first-order valence-corrected chi connectivity index (χ1v) is 10.8. The van der Waals surface area contributed by atoms with Gasteiger partial charge in [0.05, 0.1) is 7.11 Å². The third-order valence-corrected chi connectivity index (χ3v) is 6.67. The third-order valence-electron chi connectivity index (χ3n) is 6.67. The van der Waals surface area contributed by atoms with Crippen molar-refractivity contribution < 1.29 is 23.4 Å². The lowest BCUT2D eigenvalue weighted by Gasteiger charge is -2.47. The van der Waals surface area contributed by atoms with Gasteiger partial charge < -0.3 is 19.1 Å². The number of fused-ring (bicyclic) bond motifs is 2. The molecule has 31 heavy (non-hydrogen) atoms. The zero-order chi connectivity index (χ0) is 21.4. The van der Waals surface area contributed by atoms with Gasteiger partial charge in [-0.3, -0.25) is 9.69 Å². The van der Waals surface area contributed by atoms with E-state index in [-0.39, 0.29) is 24.6 Å². The molecule has 0 radical (unpaired) electrons. The SMILES string of the molecule is COc1ccc(CN2CC[C@@H]3[C@@H](CCC(=O)N3Cc3ccc4c(c3)OCO4)C2)c(F)c1. The Hall–Kier alpha value is -2.80. The first-order valence-electron chi connectivity index (χ1n) is 10.8. The second kappa shape index (κ2) is 8.38. The van der Waals surface area contributed by atoms with Crippen molar-refractivity contribution in [3.63, 3.8) is 0 Å². The van der Waals surface area contributed by atoms with E-state index in [0.717, 1.165) is 43.0 Å². The maximum atomic E-state index is 14.4. The molecule has 0 saturated carbocycles. The Bertz CT molecular complexity index is 982. The Labute approximate surface area is 181 Å². The number of hydrogen-bond donors (Lipinski definition) is 0. The molecule has 7 heteroatoms. The summed E-state index contributed by atoms with van der Waals surface area (Å²) >= 11 is 0. The lowest BCUT2D eigenvalue weighted by Crippen LogP contribution is -2.55. The molecule has 6 nitrogen and oxygen atoms in total. The van der Waals surface area contributed by atoms with Gasteiger partial charge in [0.25, 0.3) is 0 Å². The van der Waals surface area contributed by atoms with Crippen LogP contribution < -0.4 is 14.2 Å². The first-order chi connectivity index (χ1) is 15.1. The zero-order valence-corrected chi connectivity index (χ0v) is 17.7. The Morgan fingerprint density at radius 3 is 2.81 bits per heavy atom. The first kappa shape index (κ1) is 20.1. The fraction of sp³-hybridized carbons (Fsp3) is 0.458. The summed E-state index contributed by atoms with van der Waals surface area (Å²) in [6.45, 7) is 3.13. The molecule has 0 spiro atoms. The number of amides is 1. The molecule has 0 bridgehead atoms. The van der Waals surface area contributed by atoms with Gasteiger partial charge in [-0.25, -0.2) is 4.39 Å². The molecular weight excluding hydrogens is 399 g/mol. The molecule has 2 atom stereocenters. The minimum absolute atomic E-state index is 0.216. The van der Waals surface area contributed by atoms with Crippen LogP contribution in [0, 0.1) is 11.7 Å². The molecule has 0 aromatic heterocycles. The second-order valence-electron chi connectivity index (χ2n) is 8.56. The Morgan fingerprint density at radius 1 is 1.10 bits per heavy atom. The van der Waals surface area contributed by atoms with Gasteiger partial charge in [0.1, 0.15) is 11.6 Å². The lowest BCUT2D eigenvalue weighted by molar-refractivity contribution is -0.142. The van der Waals surface area contributed by atoms with E-state index in [1.807, 2.05) is 23.1 Å². The molecule has 3 aliphatic heterocycles. The predicted molar refractivity (Wildman–Crippen MR) is 112 cm³/mol. The molecule has 2 saturated heterocycles. The molecule has 0 unspecified atom stereocenters. The van der Waals surface area contributed by atoms with Crippen molar-refractivity contribution in [2.24, 2.45) is 5.92 Å². The van der Waals surface area contributed by atoms with Crippen molar-refractivity contribution in [3.8, 4) is 17.2 Å². The van der Waals surface area contributed by atoms with Gasteiger partial charge in [-0.1, -0.05) is 12.1 Å². The van der Waals surface area contributed by atoms with Crippen LogP contribution in [0.5, 0.6) is 17.2 Å². The number of piperidine rings is 2. The summed E-state index contributed by atoms with van der Waals surface area (Å²) in [7, 11) is 1.54. The van der Waals surface area contributed by atoms with Crippen molar-refractivity contribution in [2.75, 3.05) is 27.0 Å². The van der Waals surface area contributed by atoms with E-state index in [1.165, 1.54) is 6.07 Å². The van der Waals surface area contributed by atoms with E-state index in [0.29, 0.717) is 36.7 Å². The predicted octanol–water partition coefficient (Wildman–Crippen LogP) is 3.58. The van der Waals surface area contributed by atoms with Gasteiger partial charge in [-0.15, -0.1) is 0 Å². The highest BCUT2D eigenvalue weighted by molar-refractivity contribution is 5.77. The zero-order valence-electron chi connectivity index (χ0n) is 17.7. The van der Waals surface area contributed by atoms with Crippen molar-refractivity contribution >= 4 is 5.91 Å². The monoisotopic (exact) mass is 426 g/mol. The van der Waals surface area contributed by atoms with Gasteiger partial charge in [0.2, 0.25) is 12.7 Å². The van der Waals surface area contributed by atoms with E-state index in [1.54, 1.807) is 19.2 Å². The lowest BCUT2D eigenvalue weighted by atomic mass is 9.83. The smallest absolute Gasteiger partial charge is 0.231 e. The number of hydrogen-bond acceptors (Lipinski definition) is 5. The number of nitrogens with zero attached hydrogens (tertiary/aromatic N) is 2. The molecule has 2 aromatic rings. The number of rotatable bonds is 5. The van der Waals surface area contributed by atoms with E-state index in [9.17, 15) is 9.18 Å². The quantitative estimate of drug-likeness (QED) is 0.732. The molecule has 0 aliphatic carbocycles. The van der Waals surface area contributed by atoms with E-state index >= 15 is 0 Å². The highest BCUT2D eigenvalue weighted by Crippen LogP contribution is 2.36. The minimum atomic E-state index is -0.232. The number of halogens is 1. The van der Waals surface area contributed by atoms with E-state index in [4.69, 9.17) is 14.2 Å². The van der Waals surface area contributed by atoms with Gasteiger partial charge in [0.15, 0.2) is 11.5 Å². The minimum Gasteiger partial charge on any atom is -0.497 e. The van der Waals surface area contributed by atoms with Crippen molar-refractivity contribution in [3.05, 3.63) is 53.3 Å². The van der Waals surface area contributed by atoms with Gasteiger partial charge in [-0.2, -0.15) is 0 Å². The molecule has 2 aromatic carbocycles. The third kappa shape index (κ3) is 4.06. The van der Waals surface area contributed by atoms with Crippen LogP contribution in [0.3, 0.4) is 0 Å². The topological polar surface area (TPSA) is 51.2 Å². The number of carbonyl (C=O) groups excluding carboxylic acids is 1. The average molecular weight is 426 g/mol. The summed E-state index contributed by atoms with van der Waals surface area (Å²) in [4.78, 5) is 17.1. The maximum Gasteiger partial charge on any atom is 0.231 e. The number of ether oxygens (including phenoxy) is 3. The molecule has 1 amide bonds. The van der Waals surface area contributed by atoms with Crippen molar-refractivity contribution in [1.82, 2.24) is 9.80 Å². The molecule has 5 rings (SSSR count). The van der Waals surface area contributed by atoms with Crippen molar-refractivity contribution in [2.45, 2.75) is 38.4 Å². The van der Waals surface area contributed by atoms with Crippen LogP contribution in [0.4, 0.5) is 4.39 Å². The van der Waals surface area contributed by atoms with Crippen LogP contribution in [-0.2, 0) is 17.9 Å². The largest absolute Gasteiger partial charge is 0.497 e. The molecule has 3 aliphatic rings. The number of likely N-dealkylation sites (tertiary alicyclic amines) is 2. The van der Waals surface area contributed by atoms with Crippen LogP contribution in [0.2, 0.25) is 0 Å². The number of carbonyl (C=O) groups is 1. The summed E-state index contributed by atoms with van der Waals surface area (Å²) in [6, 6.07) is 11.2. The second-order valence-corrected chi connectivity index (χ2v) is 8.56. The van der Waals surface area contributed by atoms with Crippen molar-refractivity contribution in [1.29, 1.82) is 0 Å².